The number of sulfonamides is 1. The molecule has 0 saturated heterocycles. The third-order valence-electron chi connectivity index (χ3n) is 2.40. The van der Waals surface area contributed by atoms with Gasteiger partial charge in [-0.05, 0) is 24.3 Å². The van der Waals surface area contributed by atoms with Gasteiger partial charge in [0.15, 0.2) is 5.03 Å². The topological polar surface area (TPSA) is 87.8 Å². The Labute approximate surface area is 118 Å². The fourth-order valence-corrected chi connectivity index (χ4v) is 3.08. The Kier molecular flexibility index (Phi) is 3.59. The molecule has 0 radical (unpaired) electrons. The number of hydrogen-bond donors (Lipinski definition) is 1. The van der Waals surface area contributed by atoms with E-state index in [0.717, 1.165) is 0 Å². The van der Waals surface area contributed by atoms with Crippen LogP contribution in [0.2, 0.25) is 0 Å². The van der Waals surface area contributed by atoms with Crippen LogP contribution in [0.4, 0.5) is 5.69 Å². The van der Waals surface area contributed by atoms with E-state index in [-0.39, 0.29) is 16.3 Å². The zero-order valence-electron chi connectivity index (χ0n) is 9.83. The number of nitriles is 1. The van der Waals surface area contributed by atoms with Crippen molar-refractivity contribution in [2.24, 2.45) is 7.05 Å². The first-order valence-corrected chi connectivity index (χ1v) is 7.42. The highest BCUT2D eigenvalue weighted by atomic mass is 79.9. The van der Waals surface area contributed by atoms with E-state index in [1.54, 1.807) is 6.07 Å². The summed E-state index contributed by atoms with van der Waals surface area (Å²) < 4.78 is 28.6. The molecule has 1 aromatic carbocycles. The lowest BCUT2D eigenvalue weighted by atomic mass is 10.2. The summed E-state index contributed by atoms with van der Waals surface area (Å²) >= 11 is 3.23. The van der Waals surface area contributed by atoms with Crippen LogP contribution < -0.4 is 4.72 Å². The second kappa shape index (κ2) is 5.03. The van der Waals surface area contributed by atoms with Crippen LogP contribution in [0.5, 0.6) is 0 Å². The molecule has 0 fully saturated rings. The minimum atomic E-state index is -3.77. The Morgan fingerprint density at radius 3 is 2.74 bits per heavy atom. The quantitative estimate of drug-likeness (QED) is 0.923. The predicted molar refractivity (Wildman–Crippen MR) is 72.9 cm³/mol. The van der Waals surface area contributed by atoms with Crippen LogP contribution in [-0.2, 0) is 17.1 Å². The molecule has 0 saturated carbocycles. The summed E-state index contributed by atoms with van der Waals surface area (Å²) in [7, 11) is -2.24. The van der Waals surface area contributed by atoms with Crippen LogP contribution in [0.1, 0.15) is 5.56 Å². The molecule has 19 heavy (non-hydrogen) atoms. The first kappa shape index (κ1) is 13.6. The van der Waals surface area contributed by atoms with E-state index in [2.05, 4.69) is 25.8 Å². The fourth-order valence-electron chi connectivity index (χ4n) is 1.52. The summed E-state index contributed by atoms with van der Waals surface area (Å²) in [6.07, 6.45) is 1.39. The maximum atomic E-state index is 12.2. The van der Waals surface area contributed by atoms with E-state index < -0.39 is 10.0 Å². The molecule has 0 aliphatic rings. The SMILES string of the molecule is Cn1nccc1S(=O)(=O)Nc1cc(Br)ccc1C#N. The minimum absolute atomic E-state index is 0.0244. The summed E-state index contributed by atoms with van der Waals surface area (Å²) in [4.78, 5) is 0. The Morgan fingerprint density at radius 2 is 2.16 bits per heavy atom. The van der Waals surface area contributed by atoms with E-state index >= 15 is 0 Å². The number of halogens is 1. The zero-order chi connectivity index (χ0) is 14.0. The molecular formula is C11H9BrN4O2S. The van der Waals surface area contributed by atoms with Crippen molar-refractivity contribution in [1.29, 1.82) is 5.26 Å². The van der Waals surface area contributed by atoms with Gasteiger partial charge in [0.2, 0.25) is 0 Å². The van der Waals surface area contributed by atoms with Crippen molar-refractivity contribution < 1.29 is 8.42 Å². The average Bonchev–Trinajstić information content (AvgIpc) is 2.76. The van der Waals surface area contributed by atoms with Crippen molar-refractivity contribution in [3.8, 4) is 6.07 Å². The summed E-state index contributed by atoms with van der Waals surface area (Å²) in [5.74, 6) is 0. The number of aromatic nitrogens is 2. The van der Waals surface area contributed by atoms with Gasteiger partial charge < -0.3 is 0 Å². The molecule has 0 unspecified atom stereocenters. The number of nitrogens with one attached hydrogen (secondary N) is 1. The highest BCUT2D eigenvalue weighted by Gasteiger charge is 2.19. The van der Waals surface area contributed by atoms with Crippen molar-refractivity contribution in [1.82, 2.24) is 9.78 Å². The summed E-state index contributed by atoms with van der Waals surface area (Å²) in [5, 5.41) is 12.8. The van der Waals surface area contributed by atoms with Crippen LogP contribution in [0.15, 0.2) is 40.0 Å². The molecule has 0 bridgehead atoms. The Bertz CT molecular complexity index is 761. The molecule has 6 nitrogen and oxygen atoms in total. The molecule has 0 aliphatic heterocycles. The number of rotatable bonds is 3. The Morgan fingerprint density at radius 1 is 1.42 bits per heavy atom. The van der Waals surface area contributed by atoms with Crippen LogP contribution in [-0.4, -0.2) is 18.2 Å². The molecule has 98 valence electrons. The van der Waals surface area contributed by atoms with E-state index in [1.807, 2.05) is 6.07 Å². The van der Waals surface area contributed by atoms with Gasteiger partial charge in [0.05, 0.1) is 17.4 Å². The zero-order valence-corrected chi connectivity index (χ0v) is 12.2. The minimum Gasteiger partial charge on any atom is -0.277 e. The molecule has 8 heteroatoms. The Balaban J connectivity index is 2.45. The second-order valence-corrected chi connectivity index (χ2v) is 6.25. The van der Waals surface area contributed by atoms with Crippen molar-refractivity contribution in [3.05, 3.63) is 40.5 Å². The van der Waals surface area contributed by atoms with E-state index in [0.29, 0.717) is 4.47 Å². The lowest BCUT2D eigenvalue weighted by molar-refractivity contribution is 0.582. The van der Waals surface area contributed by atoms with Crippen molar-refractivity contribution in [2.75, 3.05) is 4.72 Å². The van der Waals surface area contributed by atoms with Crippen molar-refractivity contribution in [2.45, 2.75) is 5.03 Å². The highest BCUT2D eigenvalue weighted by molar-refractivity contribution is 9.10. The second-order valence-electron chi connectivity index (χ2n) is 3.70. The van der Waals surface area contributed by atoms with Crippen LogP contribution in [0.25, 0.3) is 0 Å². The number of aryl methyl sites for hydroxylation is 1. The van der Waals surface area contributed by atoms with Gasteiger partial charge in [-0.2, -0.15) is 18.8 Å². The number of anilines is 1. The average molecular weight is 341 g/mol. The summed E-state index contributed by atoms with van der Waals surface area (Å²) in [6.45, 7) is 0. The molecule has 2 rings (SSSR count). The first-order chi connectivity index (χ1) is 8.94. The molecule has 0 spiro atoms. The van der Waals surface area contributed by atoms with Gasteiger partial charge in [0.25, 0.3) is 10.0 Å². The van der Waals surface area contributed by atoms with Gasteiger partial charge in [-0.25, -0.2) is 0 Å². The van der Waals surface area contributed by atoms with Gasteiger partial charge in [0, 0.05) is 11.5 Å². The largest absolute Gasteiger partial charge is 0.279 e. The van der Waals surface area contributed by atoms with E-state index in [9.17, 15) is 8.42 Å². The molecular weight excluding hydrogens is 332 g/mol. The fraction of sp³-hybridized carbons (Fsp3) is 0.0909. The van der Waals surface area contributed by atoms with Crippen LogP contribution >= 0.6 is 15.9 Å². The van der Waals surface area contributed by atoms with E-state index in [1.165, 1.54) is 36.1 Å². The molecule has 0 amide bonds. The lowest BCUT2D eigenvalue weighted by Gasteiger charge is -2.09. The van der Waals surface area contributed by atoms with Crippen LogP contribution in [0, 0.1) is 11.3 Å². The molecule has 0 aliphatic carbocycles. The standard InChI is InChI=1S/C11H9BrN4O2S/c1-16-11(4-5-14-16)19(17,18)15-10-6-9(12)3-2-8(10)7-13/h2-6,15H,1H3. The van der Waals surface area contributed by atoms with Crippen molar-refractivity contribution in [3.63, 3.8) is 0 Å². The highest BCUT2D eigenvalue weighted by Crippen LogP contribution is 2.23. The van der Waals surface area contributed by atoms with Crippen LogP contribution in [0.3, 0.4) is 0 Å². The summed E-state index contributed by atoms with van der Waals surface area (Å²) in [5.41, 5.74) is 0.465. The maximum absolute atomic E-state index is 12.2. The van der Waals surface area contributed by atoms with E-state index in [4.69, 9.17) is 5.26 Å². The maximum Gasteiger partial charge on any atom is 0.279 e. The normalized spacial score (nSPS) is 11.0. The summed E-state index contributed by atoms with van der Waals surface area (Å²) in [6, 6.07) is 8.05. The third kappa shape index (κ3) is 2.77. The van der Waals surface area contributed by atoms with Crippen molar-refractivity contribution >= 4 is 31.6 Å². The third-order valence-corrected chi connectivity index (χ3v) is 4.33. The first-order valence-electron chi connectivity index (χ1n) is 5.14. The number of benzene rings is 1. The number of nitrogens with zero attached hydrogens (tertiary/aromatic N) is 3. The Hall–Kier alpha value is -1.85. The molecule has 2 aromatic rings. The van der Waals surface area contributed by atoms with Gasteiger partial charge in [0.1, 0.15) is 6.07 Å². The smallest absolute Gasteiger partial charge is 0.277 e. The van der Waals surface area contributed by atoms with Gasteiger partial charge in [-0.1, -0.05) is 15.9 Å². The molecule has 0 atom stereocenters. The van der Waals surface area contributed by atoms with Gasteiger partial charge in [-0.15, -0.1) is 0 Å². The molecule has 1 N–H and O–H groups in total. The van der Waals surface area contributed by atoms with Gasteiger partial charge in [-0.3, -0.25) is 9.40 Å². The predicted octanol–water partition coefficient (Wildman–Crippen LogP) is 1.86. The molecule has 1 aromatic heterocycles. The molecule has 1 heterocycles. The van der Waals surface area contributed by atoms with Gasteiger partial charge >= 0.3 is 0 Å². The number of hydrogen-bond acceptors (Lipinski definition) is 4. The monoisotopic (exact) mass is 340 g/mol. The lowest BCUT2D eigenvalue weighted by Crippen LogP contribution is -2.17.